The molecule has 2 N–H and O–H groups in total. The quantitative estimate of drug-likeness (QED) is 0.878. The van der Waals surface area contributed by atoms with E-state index in [0.29, 0.717) is 5.92 Å². The summed E-state index contributed by atoms with van der Waals surface area (Å²) >= 11 is 3.64. The average molecular weight is 313 g/mol. The minimum atomic E-state index is 0.147. The second-order valence-corrected chi connectivity index (χ2v) is 6.06. The van der Waals surface area contributed by atoms with Crippen LogP contribution in [-0.4, -0.2) is 37.4 Å². The molecule has 0 amide bonds. The molecular weight excluding hydrogens is 292 g/mol. The highest BCUT2D eigenvalue weighted by molar-refractivity contribution is 9.10. The average Bonchev–Trinajstić information content (AvgIpc) is 2.50. The molecule has 1 saturated heterocycles. The van der Waals surface area contributed by atoms with Gasteiger partial charge >= 0.3 is 0 Å². The number of nitrogens with one attached hydrogen (secondary N) is 1. The van der Waals surface area contributed by atoms with E-state index in [9.17, 15) is 5.11 Å². The van der Waals surface area contributed by atoms with E-state index in [4.69, 9.17) is 0 Å². The van der Waals surface area contributed by atoms with Crippen LogP contribution in [0.25, 0.3) is 0 Å². The van der Waals surface area contributed by atoms with Crippen molar-refractivity contribution < 1.29 is 5.11 Å². The van der Waals surface area contributed by atoms with Gasteiger partial charge < -0.3 is 15.3 Å². The number of aliphatic hydroxyl groups is 1. The van der Waals surface area contributed by atoms with Gasteiger partial charge in [0.05, 0.1) is 18.3 Å². The summed E-state index contributed by atoms with van der Waals surface area (Å²) in [7, 11) is 0. The van der Waals surface area contributed by atoms with Gasteiger partial charge in [0.15, 0.2) is 0 Å². The monoisotopic (exact) mass is 312 g/mol. The van der Waals surface area contributed by atoms with Crippen LogP contribution in [0.15, 0.2) is 22.7 Å². The minimum absolute atomic E-state index is 0.147. The smallest absolute Gasteiger partial charge is 0.0647 e. The van der Waals surface area contributed by atoms with E-state index in [1.165, 1.54) is 11.3 Å². The second kappa shape index (κ2) is 6.04. The summed E-state index contributed by atoms with van der Waals surface area (Å²) in [5.74, 6) is 0.578. The molecule has 1 fully saturated rings. The van der Waals surface area contributed by atoms with Gasteiger partial charge in [0.1, 0.15) is 0 Å². The van der Waals surface area contributed by atoms with Crippen molar-refractivity contribution in [1.29, 1.82) is 0 Å². The first-order chi connectivity index (χ1) is 8.61. The molecule has 1 aromatic rings. The van der Waals surface area contributed by atoms with Gasteiger partial charge in [0.25, 0.3) is 0 Å². The van der Waals surface area contributed by atoms with E-state index in [0.717, 1.165) is 24.1 Å². The third kappa shape index (κ3) is 3.05. The van der Waals surface area contributed by atoms with Crippen LogP contribution in [0.1, 0.15) is 12.5 Å². The first kappa shape index (κ1) is 13.8. The number of rotatable bonds is 2. The maximum Gasteiger partial charge on any atom is 0.0647 e. The third-order valence-corrected chi connectivity index (χ3v) is 4.08. The SMILES string of the molecule is Cc1ccc(N2CC(C)CNCC2CO)c(Br)c1. The van der Waals surface area contributed by atoms with E-state index in [-0.39, 0.29) is 12.6 Å². The predicted octanol–water partition coefficient (Wildman–Crippen LogP) is 2.16. The van der Waals surface area contributed by atoms with Crippen molar-refractivity contribution in [2.24, 2.45) is 5.92 Å². The number of halogens is 1. The van der Waals surface area contributed by atoms with Crippen LogP contribution < -0.4 is 10.2 Å². The van der Waals surface area contributed by atoms with Crippen LogP contribution >= 0.6 is 15.9 Å². The van der Waals surface area contributed by atoms with Crippen molar-refractivity contribution in [3.63, 3.8) is 0 Å². The summed E-state index contributed by atoms with van der Waals surface area (Å²) in [4.78, 5) is 2.31. The van der Waals surface area contributed by atoms with Crippen molar-refractivity contribution in [3.8, 4) is 0 Å². The molecule has 18 heavy (non-hydrogen) atoms. The Morgan fingerprint density at radius 3 is 2.89 bits per heavy atom. The molecular formula is C14H21BrN2O. The van der Waals surface area contributed by atoms with Gasteiger partial charge in [-0.3, -0.25) is 0 Å². The first-order valence-electron chi connectivity index (χ1n) is 6.46. The molecule has 0 spiro atoms. The van der Waals surface area contributed by atoms with Crippen LogP contribution in [0.2, 0.25) is 0 Å². The largest absolute Gasteiger partial charge is 0.394 e. The third-order valence-electron chi connectivity index (χ3n) is 3.45. The van der Waals surface area contributed by atoms with E-state index < -0.39 is 0 Å². The highest BCUT2D eigenvalue weighted by Gasteiger charge is 2.24. The summed E-state index contributed by atoms with van der Waals surface area (Å²) < 4.78 is 1.11. The molecule has 1 aromatic carbocycles. The number of nitrogens with zero attached hydrogens (tertiary/aromatic N) is 1. The molecule has 0 saturated carbocycles. The van der Waals surface area contributed by atoms with Crippen LogP contribution in [0, 0.1) is 12.8 Å². The minimum Gasteiger partial charge on any atom is -0.394 e. The van der Waals surface area contributed by atoms with E-state index in [1.54, 1.807) is 0 Å². The van der Waals surface area contributed by atoms with Crippen molar-refractivity contribution in [2.75, 3.05) is 31.1 Å². The fourth-order valence-corrected chi connectivity index (χ4v) is 3.18. The lowest BCUT2D eigenvalue weighted by atomic mass is 10.1. The summed E-state index contributed by atoms with van der Waals surface area (Å²) in [5.41, 5.74) is 2.42. The summed E-state index contributed by atoms with van der Waals surface area (Å²) in [5, 5.41) is 13.0. The lowest BCUT2D eigenvalue weighted by molar-refractivity contribution is 0.259. The normalized spacial score (nSPS) is 25.0. The number of anilines is 1. The molecule has 0 radical (unpaired) electrons. The zero-order valence-electron chi connectivity index (χ0n) is 11.0. The topological polar surface area (TPSA) is 35.5 Å². The van der Waals surface area contributed by atoms with Gasteiger partial charge in [-0.15, -0.1) is 0 Å². The Hall–Kier alpha value is -0.580. The van der Waals surface area contributed by atoms with Crippen molar-refractivity contribution in [2.45, 2.75) is 19.9 Å². The highest BCUT2D eigenvalue weighted by Crippen LogP contribution is 2.30. The second-order valence-electron chi connectivity index (χ2n) is 5.21. The lowest BCUT2D eigenvalue weighted by Crippen LogP contribution is -2.43. The molecule has 4 heteroatoms. The highest BCUT2D eigenvalue weighted by atomic mass is 79.9. The number of hydrogen-bond acceptors (Lipinski definition) is 3. The maximum absolute atomic E-state index is 9.58. The zero-order chi connectivity index (χ0) is 13.1. The number of hydrogen-bond donors (Lipinski definition) is 2. The van der Waals surface area contributed by atoms with Crippen molar-refractivity contribution >= 4 is 21.6 Å². The van der Waals surface area contributed by atoms with Gasteiger partial charge in [0.2, 0.25) is 0 Å². The molecule has 1 aliphatic rings. The van der Waals surface area contributed by atoms with Gasteiger partial charge in [-0.2, -0.15) is 0 Å². The Morgan fingerprint density at radius 1 is 1.44 bits per heavy atom. The van der Waals surface area contributed by atoms with Crippen molar-refractivity contribution in [1.82, 2.24) is 5.32 Å². The standard InChI is InChI=1S/C14H21BrN2O/c1-10-3-4-14(13(15)5-10)17-8-11(2)6-16-7-12(17)9-18/h3-5,11-12,16,18H,6-9H2,1-2H3. The molecule has 0 bridgehead atoms. The first-order valence-corrected chi connectivity index (χ1v) is 7.25. The molecule has 2 rings (SSSR count). The Balaban J connectivity index is 2.31. The Kier molecular flexibility index (Phi) is 4.65. The molecule has 2 atom stereocenters. The Bertz CT molecular complexity index is 411. The van der Waals surface area contributed by atoms with E-state index in [2.05, 4.69) is 58.2 Å². The van der Waals surface area contributed by atoms with Gasteiger partial charge in [-0.1, -0.05) is 13.0 Å². The molecule has 0 aromatic heterocycles. The molecule has 0 aliphatic carbocycles. The number of aliphatic hydroxyl groups excluding tert-OH is 1. The Labute approximate surface area is 117 Å². The summed E-state index contributed by atoms with van der Waals surface area (Å²) in [6, 6.07) is 6.54. The maximum atomic E-state index is 9.58. The molecule has 3 nitrogen and oxygen atoms in total. The number of aryl methyl sites for hydroxylation is 1. The van der Waals surface area contributed by atoms with E-state index in [1.807, 2.05) is 0 Å². The van der Waals surface area contributed by atoms with Gasteiger partial charge in [-0.05, 0) is 53.0 Å². The fraction of sp³-hybridized carbons (Fsp3) is 0.571. The van der Waals surface area contributed by atoms with Crippen LogP contribution in [0.4, 0.5) is 5.69 Å². The Morgan fingerprint density at radius 2 is 2.22 bits per heavy atom. The molecule has 1 aliphatic heterocycles. The van der Waals surface area contributed by atoms with Crippen LogP contribution in [-0.2, 0) is 0 Å². The van der Waals surface area contributed by atoms with Gasteiger partial charge in [0, 0.05) is 17.6 Å². The van der Waals surface area contributed by atoms with E-state index >= 15 is 0 Å². The predicted molar refractivity (Wildman–Crippen MR) is 79.1 cm³/mol. The molecule has 100 valence electrons. The van der Waals surface area contributed by atoms with Crippen LogP contribution in [0.3, 0.4) is 0 Å². The lowest BCUT2D eigenvalue weighted by Gasteiger charge is -2.32. The summed E-state index contributed by atoms with van der Waals surface area (Å²) in [6.07, 6.45) is 0. The fourth-order valence-electron chi connectivity index (χ4n) is 2.46. The summed E-state index contributed by atoms with van der Waals surface area (Å²) in [6.45, 7) is 7.32. The molecule has 1 heterocycles. The van der Waals surface area contributed by atoms with Crippen molar-refractivity contribution in [3.05, 3.63) is 28.2 Å². The molecule has 2 unspecified atom stereocenters. The van der Waals surface area contributed by atoms with Gasteiger partial charge in [-0.25, -0.2) is 0 Å². The van der Waals surface area contributed by atoms with Crippen LogP contribution in [0.5, 0.6) is 0 Å². The number of benzene rings is 1. The zero-order valence-corrected chi connectivity index (χ0v) is 12.6.